The van der Waals surface area contributed by atoms with Gasteiger partial charge < -0.3 is 9.47 Å². The third-order valence-corrected chi connectivity index (χ3v) is 3.00. The van der Waals surface area contributed by atoms with Crippen LogP contribution in [0.2, 0.25) is 0 Å². The smallest absolute Gasteiger partial charge is 0.316 e. The number of hydrogen-bond acceptors (Lipinski definition) is 7. The molecule has 0 saturated heterocycles. The van der Waals surface area contributed by atoms with Gasteiger partial charge in [-0.3, -0.25) is 24.5 Å². The summed E-state index contributed by atoms with van der Waals surface area (Å²) in [5, 5.41) is 11.2. The number of esters is 2. The molecule has 0 bridgehead atoms. The number of Topliss-reactive ketones (excluding diaryl/α,β-unsaturated/α-hetero) is 1. The normalized spacial score (nSPS) is 11.4. The number of ether oxygens (including phenoxy) is 2. The molecule has 0 aliphatic heterocycles. The monoisotopic (exact) mass is 323 g/mol. The summed E-state index contributed by atoms with van der Waals surface area (Å²) in [5.41, 5.74) is -0.154. The van der Waals surface area contributed by atoms with E-state index in [9.17, 15) is 24.5 Å². The van der Waals surface area contributed by atoms with Crippen LogP contribution in [0.1, 0.15) is 26.3 Å². The van der Waals surface area contributed by atoms with E-state index < -0.39 is 28.6 Å². The predicted molar refractivity (Wildman–Crippen MR) is 78.9 cm³/mol. The van der Waals surface area contributed by atoms with Crippen LogP contribution >= 0.6 is 0 Å². The number of nitrogens with zero attached hydrogens (tertiary/aromatic N) is 1. The zero-order chi connectivity index (χ0) is 17.6. The van der Waals surface area contributed by atoms with Gasteiger partial charge in [-0.2, -0.15) is 0 Å². The largest absolute Gasteiger partial charge is 0.465 e. The van der Waals surface area contributed by atoms with Crippen LogP contribution in [0.3, 0.4) is 0 Å². The Morgan fingerprint density at radius 2 is 1.91 bits per heavy atom. The minimum Gasteiger partial charge on any atom is -0.465 e. The Morgan fingerprint density at radius 1 is 1.26 bits per heavy atom. The maximum absolute atomic E-state index is 11.8. The molecule has 0 N–H and O–H groups in total. The Bertz CT molecular complexity index is 639. The summed E-state index contributed by atoms with van der Waals surface area (Å²) in [7, 11) is 0. The van der Waals surface area contributed by atoms with Crippen molar-refractivity contribution in [1.82, 2.24) is 0 Å². The molecule has 1 rings (SSSR count). The van der Waals surface area contributed by atoms with Gasteiger partial charge in [-0.1, -0.05) is 0 Å². The number of carbonyl (C=O) groups is 3. The third-order valence-electron chi connectivity index (χ3n) is 3.00. The highest BCUT2D eigenvalue weighted by Gasteiger charge is 2.28. The molecule has 0 spiro atoms. The van der Waals surface area contributed by atoms with Crippen LogP contribution < -0.4 is 4.74 Å². The lowest BCUT2D eigenvalue weighted by atomic mass is 9.95. The summed E-state index contributed by atoms with van der Waals surface area (Å²) < 4.78 is 9.61. The van der Waals surface area contributed by atoms with Crippen LogP contribution in [-0.4, -0.2) is 29.3 Å². The first-order chi connectivity index (χ1) is 10.8. The molecule has 0 fully saturated rings. The predicted octanol–water partition coefficient (Wildman–Crippen LogP) is 1.83. The third kappa shape index (κ3) is 5.17. The van der Waals surface area contributed by atoms with Crippen LogP contribution in [-0.2, 0) is 25.5 Å². The maximum atomic E-state index is 11.8. The van der Waals surface area contributed by atoms with E-state index in [1.54, 1.807) is 6.92 Å². The second-order valence-electron chi connectivity index (χ2n) is 4.76. The van der Waals surface area contributed by atoms with E-state index in [0.29, 0.717) is 0 Å². The van der Waals surface area contributed by atoms with E-state index in [-0.39, 0.29) is 30.0 Å². The molecule has 1 aromatic carbocycles. The van der Waals surface area contributed by atoms with Crippen molar-refractivity contribution < 1.29 is 28.8 Å². The molecule has 0 aliphatic carbocycles. The molecule has 0 heterocycles. The van der Waals surface area contributed by atoms with E-state index in [1.165, 1.54) is 26.0 Å². The molecule has 23 heavy (non-hydrogen) atoms. The Morgan fingerprint density at radius 3 is 2.39 bits per heavy atom. The molecule has 1 aromatic rings. The Hall–Kier alpha value is -2.77. The summed E-state index contributed by atoms with van der Waals surface area (Å²) in [5.74, 6) is -2.88. The highest BCUT2D eigenvalue weighted by Crippen LogP contribution is 2.27. The van der Waals surface area contributed by atoms with Crippen molar-refractivity contribution in [3.63, 3.8) is 0 Å². The minimum absolute atomic E-state index is 0.0171. The molecular formula is C15H17NO7. The molecule has 1 unspecified atom stereocenters. The fourth-order valence-corrected chi connectivity index (χ4v) is 1.97. The van der Waals surface area contributed by atoms with E-state index in [0.717, 1.165) is 6.07 Å². The number of benzene rings is 1. The first-order valence-corrected chi connectivity index (χ1v) is 6.89. The van der Waals surface area contributed by atoms with E-state index >= 15 is 0 Å². The molecule has 1 atom stereocenters. The molecule has 0 saturated carbocycles. The van der Waals surface area contributed by atoms with Crippen molar-refractivity contribution in [3.05, 3.63) is 33.9 Å². The quantitative estimate of drug-likeness (QED) is 0.247. The summed E-state index contributed by atoms with van der Waals surface area (Å²) in [6, 6.07) is 3.80. The number of ketones is 1. The molecule has 0 radical (unpaired) electrons. The highest BCUT2D eigenvalue weighted by molar-refractivity contribution is 5.98. The van der Waals surface area contributed by atoms with E-state index in [4.69, 9.17) is 9.47 Å². The molecular weight excluding hydrogens is 306 g/mol. The van der Waals surface area contributed by atoms with Gasteiger partial charge in [-0.15, -0.1) is 0 Å². The van der Waals surface area contributed by atoms with Crippen molar-refractivity contribution in [2.45, 2.75) is 27.2 Å². The lowest BCUT2D eigenvalue weighted by molar-refractivity contribution is -0.385. The van der Waals surface area contributed by atoms with Crippen molar-refractivity contribution in [1.29, 1.82) is 0 Å². The lowest BCUT2D eigenvalue weighted by Crippen LogP contribution is -2.26. The molecule has 0 aliphatic rings. The van der Waals surface area contributed by atoms with Gasteiger partial charge in [0.25, 0.3) is 5.69 Å². The summed E-state index contributed by atoms with van der Waals surface area (Å²) in [4.78, 5) is 44.8. The molecule has 0 amide bonds. The van der Waals surface area contributed by atoms with Gasteiger partial charge >= 0.3 is 11.9 Å². The van der Waals surface area contributed by atoms with Gasteiger partial charge in [0.1, 0.15) is 17.5 Å². The second kappa shape index (κ2) is 8.02. The Kier molecular flexibility index (Phi) is 6.37. The Labute approximate surface area is 132 Å². The molecule has 0 aromatic heterocycles. The van der Waals surface area contributed by atoms with Crippen molar-refractivity contribution in [2.24, 2.45) is 5.92 Å². The van der Waals surface area contributed by atoms with E-state index in [1.807, 2.05) is 0 Å². The number of rotatable bonds is 7. The van der Waals surface area contributed by atoms with Crippen molar-refractivity contribution >= 4 is 23.4 Å². The average Bonchev–Trinajstić information content (AvgIpc) is 2.44. The van der Waals surface area contributed by atoms with Gasteiger partial charge in [0.2, 0.25) is 0 Å². The Balaban J connectivity index is 3.14. The zero-order valence-corrected chi connectivity index (χ0v) is 13.0. The first-order valence-electron chi connectivity index (χ1n) is 6.89. The number of hydrogen-bond donors (Lipinski definition) is 0. The summed E-state index contributed by atoms with van der Waals surface area (Å²) >= 11 is 0. The maximum Gasteiger partial charge on any atom is 0.316 e. The van der Waals surface area contributed by atoms with Crippen LogP contribution in [0, 0.1) is 16.0 Å². The fraction of sp³-hybridized carbons (Fsp3) is 0.400. The van der Waals surface area contributed by atoms with Gasteiger partial charge in [0.15, 0.2) is 0 Å². The SMILES string of the molecule is CCOC(=O)C(Cc1ccc(OC(C)=O)cc1[N+](=O)[O-])C(C)=O. The molecule has 8 heteroatoms. The van der Waals surface area contributed by atoms with Crippen molar-refractivity contribution in [3.8, 4) is 5.75 Å². The summed E-state index contributed by atoms with van der Waals surface area (Å²) in [6.07, 6.45) is -0.162. The number of nitro groups is 1. The second-order valence-corrected chi connectivity index (χ2v) is 4.76. The number of nitro benzene ring substituents is 1. The summed E-state index contributed by atoms with van der Waals surface area (Å²) in [6.45, 7) is 4.11. The van der Waals surface area contributed by atoms with Gasteiger partial charge in [-0.25, -0.2) is 0 Å². The fourth-order valence-electron chi connectivity index (χ4n) is 1.97. The first kappa shape index (κ1) is 18.3. The van der Waals surface area contributed by atoms with Crippen LogP contribution in [0.4, 0.5) is 5.69 Å². The van der Waals surface area contributed by atoms with Crippen LogP contribution in [0.25, 0.3) is 0 Å². The lowest BCUT2D eigenvalue weighted by Gasteiger charge is -2.13. The van der Waals surface area contributed by atoms with Crippen molar-refractivity contribution in [2.75, 3.05) is 6.61 Å². The van der Waals surface area contributed by atoms with Gasteiger partial charge in [-0.05, 0) is 32.4 Å². The van der Waals surface area contributed by atoms with E-state index in [2.05, 4.69) is 0 Å². The minimum atomic E-state index is -1.12. The highest BCUT2D eigenvalue weighted by atomic mass is 16.6. The zero-order valence-electron chi connectivity index (χ0n) is 13.0. The van der Waals surface area contributed by atoms with Gasteiger partial charge in [0.05, 0.1) is 17.6 Å². The van der Waals surface area contributed by atoms with Gasteiger partial charge in [0, 0.05) is 12.5 Å². The topological polar surface area (TPSA) is 113 Å². The van der Waals surface area contributed by atoms with Crippen LogP contribution in [0.5, 0.6) is 5.75 Å². The standard InChI is InChI=1S/C15H17NO7/c1-4-22-15(19)13(9(2)17)7-11-5-6-12(23-10(3)18)8-14(11)16(20)21/h5-6,8,13H,4,7H2,1-3H3. The number of carbonyl (C=O) groups excluding carboxylic acids is 3. The average molecular weight is 323 g/mol. The van der Waals surface area contributed by atoms with Crippen LogP contribution in [0.15, 0.2) is 18.2 Å². The molecule has 124 valence electrons. The molecule has 8 nitrogen and oxygen atoms in total.